The van der Waals surface area contributed by atoms with Crippen LogP contribution in [0.4, 0.5) is 10.2 Å². The number of H-pyrrole nitrogens is 1. The fourth-order valence-corrected chi connectivity index (χ4v) is 6.98. The maximum atomic E-state index is 13.8. The second-order valence-corrected chi connectivity index (χ2v) is 12.0. The van der Waals surface area contributed by atoms with Gasteiger partial charge in [-0.1, -0.05) is 0 Å². The van der Waals surface area contributed by atoms with E-state index in [1.807, 2.05) is 35.3 Å². The Labute approximate surface area is 253 Å². The Kier molecular flexibility index (Phi) is 6.54. The molecule has 4 aliphatic rings. The van der Waals surface area contributed by atoms with E-state index >= 15 is 0 Å². The van der Waals surface area contributed by atoms with Crippen LogP contribution >= 0.6 is 0 Å². The van der Waals surface area contributed by atoms with Crippen LogP contribution in [-0.4, -0.2) is 73.1 Å². The molecule has 8 heterocycles. The largest absolute Gasteiger partial charge is 0.508 e. The van der Waals surface area contributed by atoms with Crippen molar-refractivity contribution < 1.29 is 14.2 Å². The molecule has 0 radical (unpaired) electrons. The quantitative estimate of drug-likeness (QED) is 0.283. The molecule has 11 heteroatoms. The number of nitrogens with zero attached hydrogens (tertiary/aromatic N) is 7. The molecule has 0 amide bonds. The molecular formula is C33H31FN8O2. The van der Waals surface area contributed by atoms with Crippen LogP contribution in [0, 0.1) is 17.1 Å². The van der Waals surface area contributed by atoms with E-state index in [1.54, 1.807) is 6.20 Å². The minimum atomic E-state index is -0.335. The number of aromatic hydroxyl groups is 1. The topological polar surface area (TPSA) is 119 Å². The summed E-state index contributed by atoms with van der Waals surface area (Å²) < 4.78 is 21.3. The number of piperazine rings is 1. The van der Waals surface area contributed by atoms with Gasteiger partial charge in [0.25, 0.3) is 0 Å². The van der Waals surface area contributed by atoms with Crippen molar-refractivity contribution in [2.75, 3.05) is 31.2 Å². The predicted octanol–water partition coefficient (Wildman–Crippen LogP) is 5.02. The van der Waals surface area contributed by atoms with Gasteiger partial charge in [-0.3, -0.25) is 9.58 Å². The number of phenols is 1. The summed E-state index contributed by atoms with van der Waals surface area (Å²) in [6.45, 7) is 3.66. The number of ether oxygens (including phenoxy) is 1. The Morgan fingerprint density at radius 2 is 1.84 bits per heavy atom. The van der Waals surface area contributed by atoms with Gasteiger partial charge in [0.15, 0.2) is 0 Å². The van der Waals surface area contributed by atoms with Crippen LogP contribution in [0.25, 0.3) is 33.4 Å². The number of piperidine rings is 1. The van der Waals surface area contributed by atoms with Gasteiger partial charge in [0.2, 0.25) is 0 Å². The highest BCUT2D eigenvalue weighted by Crippen LogP contribution is 2.38. The van der Waals surface area contributed by atoms with Crippen molar-refractivity contribution in [1.82, 2.24) is 29.6 Å². The number of halogens is 1. The summed E-state index contributed by atoms with van der Waals surface area (Å²) in [5, 5.41) is 25.6. The molecule has 44 heavy (non-hydrogen) atoms. The molecule has 4 aliphatic heterocycles. The average molecular weight is 591 g/mol. The SMILES string of the molecule is N#Cc1cnc2[nH]c(-c3cnn(C4CCOCC4)c3)cc2c1-c1ccc(N2CC3CC(C2)N3Cc2cc(F)ccc2O)nc1. The zero-order valence-corrected chi connectivity index (χ0v) is 24.0. The Bertz CT molecular complexity index is 1880. The number of rotatable bonds is 6. The van der Waals surface area contributed by atoms with E-state index in [0.717, 1.165) is 79.2 Å². The highest BCUT2D eigenvalue weighted by molar-refractivity contribution is 5.98. The van der Waals surface area contributed by atoms with E-state index in [-0.39, 0.29) is 11.6 Å². The number of aromatic amines is 1. The van der Waals surface area contributed by atoms with Crippen LogP contribution in [-0.2, 0) is 11.3 Å². The van der Waals surface area contributed by atoms with E-state index in [1.165, 1.54) is 18.2 Å². The van der Waals surface area contributed by atoms with Gasteiger partial charge in [-0.05, 0) is 55.7 Å². The average Bonchev–Trinajstić information content (AvgIpc) is 3.73. The van der Waals surface area contributed by atoms with Crippen LogP contribution in [0.1, 0.15) is 36.4 Å². The van der Waals surface area contributed by atoms with Gasteiger partial charge in [0.05, 0.1) is 23.5 Å². The molecule has 4 saturated heterocycles. The maximum absolute atomic E-state index is 13.8. The number of nitrogens with one attached hydrogen (secondary N) is 1. The van der Waals surface area contributed by atoms with E-state index in [0.29, 0.717) is 41.4 Å². The molecule has 9 rings (SSSR count). The summed E-state index contributed by atoms with van der Waals surface area (Å²) in [4.78, 5) is 17.4. The monoisotopic (exact) mass is 590 g/mol. The lowest BCUT2D eigenvalue weighted by atomic mass is 9.86. The molecule has 2 N–H and O–H groups in total. The number of hydrogen-bond acceptors (Lipinski definition) is 8. The van der Waals surface area contributed by atoms with Crippen LogP contribution in [0.2, 0.25) is 0 Å². The lowest BCUT2D eigenvalue weighted by Crippen LogP contribution is -2.68. The minimum Gasteiger partial charge on any atom is -0.508 e. The number of phenolic OH excluding ortho intramolecular Hbond substituents is 1. The molecule has 10 nitrogen and oxygen atoms in total. The first kappa shape index (κ1) is 26.8. The standard InChI is InChI=1S/C33H31FN8O2/c34-24-2-3-30(43)21(9-24)16-41-26-10-27(41)19-40(18-26)31-4-1-20(13-36-31)32-22(12-35)14-37-33-28(32)11-29(39-33)23-15-38-42(17-23)25-5-7-44-8-6-25/h1-4,9,11,13-15,17,25-27,43H,5-8,10,16,18-19H2,(H,37,39). The zero-order valence-electron chi connectivity index (χ0n) is 24.0. The summed E-state index contributed by atoms with van der Waals surface area (Å²) in [7, 11) is 0. The summed E-state index contributed by atoms with van der Waals surface area (Å²) >= 11 is 0. The zero-order chi connectivity index (χ0) is 29.8. The molecule has 0 saturated carbocycles. The number of benzene rings is 1. The normalized spacial score (nSPS) is 20.5. The van der Waals surface area contributed by atoms with Crippen molar-refractivity contribution >= 4 is 16.9 Å². The van der Waals surface area contributed by atoms with Gasteiger partial charge in [0, 0.05) is 91.2 Å². The second kappa shape index (κ2) is 10.7. The number of hydrogen-bond donors (Lipinski definition) is 2. The van der Waals surface area contributed by atoms with E-state index in [9.17, 15) is 14.8 Å². The van der Waals surface area contributed by atoms with Gasteiger partial charge >= 0.3 is 0 Å². The van der Waals surface area contributed by atoms with Crippen LogP contribution in [0.5, 0.6) is 5.75 Å². The van der Waals surface area contributed by atoms with Crippen molar-refractivity contribution in [1.29, 1.82) is 5.26 Å². The van der Waals surface area contributed by atoms with Gasteiger partial charge in [-0.25, -0.2) is 14.4 Å². The number of aromatic nitrogens is 5. The minimum absolute atomic E-state index is 0.132. The van der Waals surface area contributed by atoms with Crippen molar-refractivity contribution in [3.05, 3.63) is 78.1 Å². The van der Waals surface area contributed by atoms with E-state index < -0.39 is 0 Å². The Hall–Kier alpha value is -4.79. The predicted molar refractivity (Wildman–Crippen MR) is 162 cm³/mol. The van der Waals surface area contributed by atoms with E-state index in [2.05, 4.69) is 37.1 Å². The summed E-state index contributed by atoms with van der Waals surface area (Å²) in [6.07, 6.45) is 10.4. The summed E-state index contributed by atoms with van der Waals surface area (Å²) in [5.41, 5.74) is 5.34. The van der Waals surface area contributed by atoms with Crippen molar-refractivity contribution in [3.63, 3.8) is 0 Å². The molecule has 2 atom stereocenters. The lowest BCUT2D eigenvalue weighted by Gasteiger charge is -2.56. The highest BCUT2D eigenvalue weighted by atomic mass is 19.1. The number of nitriles is 1. The van der Waals surface area contributed by atoms with Crippen molar-refractivity contribution in [2.45, 2.75) is 43.9 Å². The third kappa shape index (κ3) is 4.67. The molecule has 4 aromatic heterocycles. The molecule has 4 fully saturated rings. The molecule has 1 aromatic carbocycles. The first-order valence-electron chi connectivity index (χ1n) is 15.0. The van der Waals surface area contributed by atoms with Crippen molar-refractivity contribution in [3.8, 4) is 34.2 Å². The van der Waals surface area contributed by atoms with Crippen LogP contribution in [0.15, 0.2) is 61.2 Å². The summed E-state index contributed by atoms with van der Waals surface area (Å²) in [5.74, 6) is 0.681. The Morgan fingerprint density at radius 3 is 2.61 bits per heavy atom. The number of fused-ring (bicyclic) bond motifs is 3. The molecule has 2 unspecified atom stereocenters. The van der Waals surface area contributed by atoms with E-state index in [4.69, 9.17) is 9.72 Å². The van der Waals surface area contributed by atoms with Crippen molar-refractivity contribution in [2.24, 2.45) is 0 Å². The fraction of sp³-hybridized carbons (Fsp3) is 0.333. The second-order valence-electron chi connectivity index (χ2n) is 12.0. The smallest absolute Gasteiger partial charge is 0.138 e. The third-order valence-electron chi connectivity index (χ3n) is 9.36. The molecule has 5 aromatic rings. The van der Waals surface area contributed by atoms with Gasteiger partial charge in [-0.2, -0.15) is 10.4 Å². The Morgan fingerprint density at radius 1 is 1.00 bits per heavy atom. The summed E-state index contributed by atoms with van der Waals surface area (Å²) in [6, 6.07) is 13.5. The fourth-order valence-electron chi connectivity index (χ4n) is 6.98. The van der Waals surface area contributed by atoms with Crippen LogP contribution in [0.3, 0.4) is 0 Å². The third-order valence-corrected chi connectivity index (χ3v) is 9.36. The maximum Gasteiger partial charge on any atom is 0.138 e. The first-order chi connectivity index (χ1) is 21.5. The first-order valence-corrected chi connectivity index (χ1v) is 15.0. The Balaban J connectivity index is 1.02. The molecule has 222 valence electrons. The van der Waals surface area contributed by atoms with Gasteiger partial charge < -0.3 is 19.7 Å². The molecule has 0 aliphatic carbocycles. The van der Waals surface area contributed by atoms with Crippen LogP contribution < -0.4 is 4.90 Å². The molecular weight excluding hydrogens is 559 g/mol. The lowest BCUT2D eigenvalue weighted by molar-refractivity contribution is -0.00921. The highest BCUT2D eigenvalue weighted by Gasteiger charge is 2.45. The number of pyridine rings is 2. The van der Waals surface area contributed by atoms with Gasteiger partial charge in [0.1, 0.15) is 29.1 Å². The van der Waals surface area contributed by atoms with Gasteiger partial charge in [-0.15, -0.1) is 0 Å². The molecule has 2 bridgehead atoms. The molecule has 0 spiro atoms. The number of anilines is 1.